The van der Waals surface area contributed by atoms with E-state index in [1.807, 2.05) is 0 Å². The minimum Gasteiger partial charge on any atom is -0.418 e. The molecule has 0 nitrogen and oxygen atoms in total. The van der Waals surface area contributed by atoms with Crippen molar-refractivity contribution in [3.8, 4) is 0 Å². The second kappa shape index (κ2) is 15.3. The molecular weight excluding hydrogens is 303 g/mol. The van der Waals surface area contributed by atoms with Crippen molar-refractivity contribution in [2.24, 2.45) is 5.41 Å². The van der Waals surface area contributed by atoms with Gasteiger partial charge >= 0.3 is 7.25 Å². The molecule has 142 valence electrons. The van der Waals surface area contributed by atoms with Crippen LogP contribution in [0.1, 0.15) is 111 Å². The van der Waals surface area contributed by atoms with E-state index in [2.05, 4.69) is 27.7 Å². The fourth-order valence-corrected chi connectivity index (χ4v) is 2.50. The molecule has 0 aromatic rings. The lowest BCUT2D eigenvalue weighted by atomic mass is 9.89. The normalized spacial score (nSPS) is 12.0. The average Bonchev–Trinajstić information content (AvgIpc) is 2.37. The Morgan fingerprint density at radius 1 is 0.565 bits per heavy atom. The topological polar surface area (TPSA) is 0 Å². The Kier molecular flexibility index (Phi) is 16.7. The second-order valence-electron chi connectivity index (χ2n) is 7.69. The first kappa shape index (κ1) is 25.0. The molecule has 0 unspecified atom stereocenters. The maximum Gasteiger partial charge on any atom is 0.673 e. The van der Waals surface area contributed by atoms with E-state index in [0.29, 0.717) is 5.41 Å². The molecule has 0 aromatic carbocycles. The van der Waals surface area contributed by atoms with E-state index < -0.39 is 7.25 Å². The molecule has 0 atom stereocenters. The molecule has 0 amide bonds. The average molecular weight is 341 g/mol. The Labute approximate surface area is 141 Å². The quantitative estimate of drug-likeness (QED) is 0.190. The lowest BCUT2D eigenvalue weighted by molar-refractivity contribution is 0.356. The summed E-state index contributed by atoms with van der Waals surface area (Å²) in [5.74, 6) is 0. The summed E-state index contributed by atoms with van der Waals surface area (Å²) in [4.78, 5) is 0. The lowest BCUT2D eigenvalue weighted by Crippen LogP contribution is -2.03. The fraction of sp³-hybridized carbons (Fsp3) is 1.00. The summed E-state index contributed by atoms with van der Waals surface area (Å²) >= 11 is 0. The Morgan fingerprint density at radius 2 is 0.826 bits per heavy atom. The van der Waals surface area contributed by atoms with Crippen molar-refractivity contribution in [1.82, 2.24) is 0 Å². The minimum atomic E-state index is -6.00. The smallest absolute Gasteiger partial charge is 0.418 e. The molecule has 0 N–H and O–H groups in total. The zero-order valence-electron chi connectivity index (χ0n) is 15.8. The SMILES string of the molecule is CCCCCCCCCCCCCCC(C)(C)C.F[B-](F)(F)F. The molecule has 0 spiro atoms. The van der Waals surface area contributed by atoms with Gasteiger partial charge in [0.2, 0.25) is 0 Å². The molecule has 0 fully saturated rings. The van der Waals surface area contributed by atoms with Gasteiger partial charge in [0, 0.05) is 0 Å². The highest BCUT2D eigenvalue weighted by atomic mass is 19.5. The molecule has 0 bridgehead atoms. The van der Waals surface area contributed by atoms with E-state index in [1.165, 1.54) is 83.5 Å². The van der Waals surface area contributed by atoms with Crippen LogP contribution in [-0.2, 0) is 0 Å². The number of hydrogen-bond donors (Lipinski definition) is 0. The zero-order chi connectivity index (χ0) is 18.2. The van der Waals surface area contributed by atoms with Crippen molar-refractivity contribution >= 4 is 7.25 Å². The molecule has 0 heterocycles. The molecule has 23 heavy (non-hydrogen) atoms. The van der Waals surface area contributed by atoms with Crippen molar-refractivity contribution in [2.45, 2.75) is 111 Å². The van der Waals surface area contributed by atoms with Gasteiger partial charge in [0.05, 0.1) is 0 Å². The van der Waals surface area contributed by atoms with Gasteiger partial charge in [0.25, 0.3) is 0 Å². The summed E-state index contributed by atoms with van der Waals surface area (Å²) in [7, 11) is -6.00. The van der Waals surface area contributed by atoms with Crippen molar-refractivity contribution < 1.29 is 17.3 Å². The van der Waals surface area contributed by atoms with Crippen LogP contribution in [0.15, 0.2) is 0 Å². The van der Waals surface area contributed by atoms with Gasteiger partial charge in [-0.3, -0.25) is 0 Å². The van der Waals surface area contributed by atoms with Gasteiger partial charge in [-0.1, -0.05) is 105 Å². The number of unbranched alkanes of at least 4 members (excludes halogenated alkanes) is 11. The molecule has 0 aliphatic heterocycles. The molecule has 5 heteroatoms. The largest absolute Gasteiger partial charge is 0.673 e. The number of rotatable bonds is 12. The van der Waals surface area contributed by atoms with E-state index in [1.54, 1.807) is 0 Å². The van der Waals surface area contributed by atoms with Crippen LogP contribution in [-0.4, -0.2) is 7.25 Å². The molecule has 0 radical (unpaired) electrons. The van der Waals surface area contributed by atoms with Crippen LogP contribution in [0.2, 0.25) is 0 Å². The lowest BCUT2D eigenvalue weighted by Gasteiger charge is -2.17. The molecule has 0 aliphatic carbocycles. The molecule has 0 saturated heterocycles. The summed E-state index contributed by atoms with van der Waals surface area (Å²) in [5, 5.41) is 0. The van der Waals surface area contributed by atoms with Crippen LogP contribution in [0.5, 0.6) is 0 Å². The molecule has 0 rings (SSSR count). The standard InChI is InChI=1S/C18H38.BF4/c1-5-6-7-8-9-10-11-12-13-14-15-16-17-18(2,3)4;2-1(3,4)5/h5-17H2,1-4H3;/q;-1. The van der Waals surface area contributed by atoms with Gasteiger partial charge in [0.15, 0.2) is 0 Å². The van der Waals surface area contributed by atoms with Crippen LogP contribution in [0, 0.1) is 5.41 Å². The van der Waals surface area contributed by atoms with Crippen molar-refractivity contribution in [3.05, 3.63) is 0 Å². The molecule has 0 aliphatic rings. The monoisotopic (exact) mass is 341 g/mol. The van der Waals surface area contributed by atoms with Crippen LogP contribution in [0.25, 0.3) is 0 Å². The molecule has 0 aromatic heterocycles. The van der Waals surface area contributed by atoms with Gasteiger partial charge < -0.3 is 17.3 Å². The van der Waals surface area contributed by atoms with Gasteiger partial charge in [-0.15, -0.1) is 0 Å². The van der Waals surface area contributed by atoms with Crippen molar-refractivity contribution in [3.63, 3.8) is 0 Å². The van der Waals surface area contributed by atoms with Gasteiger partial charge in [0.1, 0.15) is 0 Å². The third kappa shape index (κ3) is 39.0. The zero-order valence-corrected chi connectivity index (χ0v) is 15.8. The van der Waals surface area contributed by atoms with Gasteiger partial charge in [-0.05, 0) is 11.8 Å². The van der Waals surface area contributed by atoms with Gasteiger partial charge in [-0.25, -0.2) is 0 Å². The van der Waals surface area contributed by atoms with Crippen molar-refractivity contribution in [2.75, 3.05) is 0 Å². The molecule has 0 saturated carbocycles. The fourth-order valence-electron chi connectivity index (χ4n) is 2.50. The third-order valence-corrected chi connectivity index (χ3v) is 3.78. The van der Waals surface area contributed by atoms with E-state index >= 15 is 0 Å². The number of halogens is 4. The second-order valence-corrected chi connectivity index (χ2v) is 7.69. The van der Waals surface area contributed by atoms with Crippen LogP contribution >= 0.6 is 0 Å². The summed E-state index contributed by atoms with van der Waals surface area (Å²) in [6, 6.07) is 0. The summed E-state index contributed by atoms with van der Waals surface area (Å²) in [6.45, 7) is 9.35. The summed E-state index contributed by atoms with van der Waals surface area (Å²) in [5.41, 5.74) is 0.540. The van der Waals surface area contributed by atoms with Crippen LogP contribution in [0.4, 0.5) is 17.3 Å². The van der Waals surface area contributed by atoms with Gasteiger partial charge in [-0.2, -0.15) is 0 Å². The number of hydrogen-bond acceptors (Lipinski definition) is 0. The first-order valence-corrected chi connectivity index (χ1v) is 9.43. The highest BCUT2D eigenvalue weighted by molar-refractivity contribution is 6.50. The minimum absolute atomic E-state index is 0.540. The maximum absolute atomic E-state index is 9.75. The van der Waals surface area contributed by atoms with E-state index in [0.717, 1.165) is 0 Å². The Balaban J connectivity index is 0. The molecular formula is C18H38BF4-. The Morgan fingerprint density at radius 3 is 1.09 bits per heavy atom. The predicted molar refractivity (Wildman–Crippen MR) is 95.3 cm³/mol. The maximum atomic E-state index is 9.75. The van der Waals surface area contributed by atoms with E-state index in [4.69, 9.17) is 0 Å². The van der Waals surface area contributed by atoms with Crippen LogP contribution in [0.3, 0.4) is 0 Å². The predicted octanol–water partition coefficient (Wildman–Crippen LogP) is 8.42. The first-order chi connectivity index (χ1) is 10.6. The van der Waals surface area contributed by atoms with E-state index in [9.17, 15) is 17.3 Å². The van der Waals surface area contributed by atoms with Crippen LogP contribution < -0.4 is 0 Å². The first-order valence-electron chi connectivity index (χ1n) is 9.43. The highest BCUT2D eigenvalue weighted by Crippen LogP contribution is 2.22. The summed E-state index contributed by atoms with van der Waals surface area (Å²) < 4.78 is 39.0. The van der Waals surface area contributed by atoms with E-state index in [-0.39, 0.29) is 0 Å². The summed E-state index contributed by atoms with van der Waals surface area (Å²) in [6.07, 6.45) is 18.9. The third-order valence-electron chi connectivity index (χ3n) is 3.78. The Bertz CT molecular complexity index is 228. The Hall–Kier alpha value is -0.215. The highest BCUT2D eigenvalue weighted by Gasteiger charge is 2.20. The van der Waals surface area contributed by atoms with Crippen molar-refractivity contribution in [1.29, 1.82) is 0 Å².